The van der Waals surface area contributed by atoms with Crippen molar-refractivity contribution in [2.45, 2.75) is 6.92 Å². The maximum Gasteiger partial charge on any atom is 0.216 e. The molecule has 1 aromatic rings. The third-order valence-electron chi connectivity index (χ3n) is 1.81. The smallest absolute Gasteiger partial charge is 0.216 e. The molecule has 0 saturated carbocycles. The van der Waals surface area contributed by atoms with Gasteiger partial charge < -0.3 is 10.6 Å². The fourth-order valence-electron chi connectivity index (χ4n) is 1.14. The minimum absolute atomic E-state index is 0.0916. The van der Waals surface area contributed by atoms with Crippen LogP contribution in [-0.4, -0.2) is 19.0 Å². The molecule has 0 heterocycles. The summed E-state index contributed by atoms with van der Waals surface area (Å²) in [5, 5.41) is 5.94. The standard InChI is InChI=1S/C10H11BrClFN2O/c1-6(16)14-2-3-15-10-8(11)4-7(13)5-9(10)12/h4-5,15H,2-3H2,1H3,(H,14,16). The van der Waals surface area contributed by atoms with Crippen molar-refractivity contribution in [2.75, 3.05) is 18.4 Å². The molecule has 3 nitrogen and oxygen atoms in total. The third kappa shape index (κ3) is 3.98. The molecule has 1 rings (SSSR count). The highest BCUT2D eigenvalue weighted by Gasteiger charge is 2.07. The summed E-state index contributed by atoms with van der Waals surface area (Å²) in [4.78, 5) is 10.6. The van der Waals surface area contributed by atoms with Crippen molar-refractivity contribution in [3.05, 3.63) is 27.4 Å². The van der Waals surface area contributed by atoms with Crippen LogP contribution in [0.5, 0.6) is 0 Å². The van der Waals surface area contributed by atoms with Gasteiger partial charge in [-0.25, -0.2) is 4.39 Å². The molecule has 88 valence electrons. The molecule has 0 saturated heterocycles. The van der Waals surface area contributed by atoms with Crippen molar-refractivity contribution in [3.63, 3.8) is 0 Å². The number of hydrogen-bond donors (Lipinski definition) is 2. The lowest BCUT2D eigenvalue weighted by Crippen LogP contribution is -2.26. The van der Waals surface area contributed by atoms with Gasteiger partial charge >= 0.3 is 0 Å². The molecule has 0 aromatic heterocycles. The normalized spacial score (nSPS) is 10.0. The molecule has 0 spiro atoms. The number of rotatable bonds is 4. The van der Waals surface area contributed by atoms with E-state index in [1.807, 2.05) is 0 Å². The van der Waals surface area contributed by atoms with Crippen molar-refractivity contribution in [1.82, 2.24) is 5.32 Å². The average Bonchev–Trinajstić information content (AvgIpc) is 2.14. The van der Waals surface area contributed by atoms with Gasteiger partial charge in [-0.3, -0.25) is 4.79 Å². The summed E-state index contributed by atoms with van der Waals surface area (Å²) in [6, 6.07) is 2.56. The molecule has 16 heavy (non-hydrogen) atoms. The van der Waals surface area contributed by atoms with Crippen LogP contribution in [-0.2, 0) is 4.79 Å². The van der Waals surface area contributed by atoms with Gasteiger partial charge in [0.25, 0.3) is 0 Å². The number of nitrogens with one attached hydrogen (secondary N) is 2. The van der Waals surface area contributed by atoms with Crippen LogP contribution < -0.4 is 10.6 Å². The van der Waals surface area contributed by atoms with Gasteiger partial charge in [0.05, 0.1) is 10.7 Å². The van der Waals surface area contributed by atoms with Crippen molar-refractivity contribution in [1.29, 1.82) is 0 Å². The lowest BCUT2D eigenvalue weighted by molar-refractivity contribution is -0.118. The fourth-order valence-corrected chi connectivity index (χ4v) is 2.10. The predicted octanol–water partition coefficient (Wildman–Crippen LogP) is 2.79. The van der Waals surface area contributed by atoms with Crippen LogP contribution >= 0.6 is 27.5 Å². The molecule has 6 heteroatoms. The van der Waals surface area contributed by atoms with E-state index < -0.39 is 5.82 Å². The second-order valence-corrected chi connectivity index (χ2v) is 4.42. The first-order valence-electron chi connectivity index (χ1n) is 4.63. The van der Waals surface area contributed by atoms with E-state index in [1.165, 1.54) is 19.1 Å². The quantitative estimate of drug-likeness (QED) is 0.840. The lowest BCUT2D eigenvalue weighted by Gasteiger charge is -2.10. The Hall–Kier alpha value is -0.810. The largest absolute Gasteiger partial charge is 0.381 e. The van der Waals surface area contributed by atoms with E-state index in [0.29, 0.717) is 28.3 Å². The first-order chi connectivity index (χ1) is 7.50. The molecule has 0 unspecified atom stereocenters. The van der Waals surface area contributed by atoms with E-state index in [2.05, 4.69) is 26.6 Å². The third-order valence-corrected chi connectivity index (χ3v) is 2.73. The number of carbonyl (C=O) groups is 1. The van der Waals surface area contributed by atoms with E-state index in [0.717, 1.165) is 0 Å². The van der Waals surface area contributed by atoms with Crippen molar-refractivity contribution in [2.24, 2.45) is 0 Å². The van der Waals surface area contributed by atoms with Crippen LogP contribution in [0.3, 0.4) is 0 Å². The second-order valence-electron chi connectivity index (χ2n) is 3.15. The van der Waals surface area contributed by atoms with Crippen LogP contribution in [0.4, 0.5) is 10.1 Å². The predicted molar refractivity (Wildman–Crippen MR) is 66.3 cm³/mol. The Morgan fingerprint density at radius 3 is 2.75 bits per heavy atom. The highest BCUT2D eigenvalue weighted by atomic mass is 79.9. The minimum atomic E-state index is -0.399. The Kier molecular flexibility index (Phi) is 5.02. The summed E-state index contributed by atoms with van der Waals surface area (Å²) in [6.07, 6.45) is 0. The maximum absolute atomic E-state index is 12.9. The summed E-state index contributed by atoms with van der Waals surface area (Å²) in [5.41, 5.74) is 0.619. The molecule has 1 amide bonds. The number of benzene rings is 1. The number of hydrogen-bond acceptors (Lipinski definition) is 2. The van der Waals surface area contributed by atoms with Gasteiger partial charge in [0, 0.05) is 24.5 Å². The zero-order chi connectivity index (χ0) is 12.1. The van der Waals surface area contributed by atoms with Crippen LogP contribution in [0.25, 0.3) is 0 Å². The lowest BCUT2D eigenvalue weighted by atomic mass is 10.3. The topological polar surface area (TPSA) is 41.1 Å². The Labute approximate surface area is 106 Å². The van der Waals surface area contributed by atoms with Crippen LogP contribution in [0.15, 0.2) is 16.6 Å². The van der Waals surface area contributed by atoms with Crippen molar-refractivity contribution < 1.29 is 9.18 Å². The first-order valence-corrected chi connectivity index (χ1v) is 5.80. The van der Waals surface area contributed by atoms with Crippen LogP contribution in [0, 0.1) is 5.82 Å². The van der Waals surface area contributed by atoms with Crippen LogP contribution in [0.1, 0.15) is 6.92 Å². The zero-order valence-electron chi connectivity index (χ0n) is 8.61. The van der Waals surface area contributed by atoms with Crippen LogP contribution in [0.2, 0.25) is 5.02 Å². The van der Waals surface area contributed by atoms with E-state index >= 15 is 0 Å². The maximum atomic E-state index is 12.9. The van der Waals surface area contributed by atoms with Gasteiger partial charge in [-0.2, -0.15) is 0 Å². The zero-order valence-corrected chi connectivity index (χ0v) is 11.0. The van der Waals surface area contributed by atoms with Gasteiger partial charge in [0.1, 0.15) is 5.82 Å². The first kappa shape index (κ1) is 13.3. The number of anilines is 1. The molecule has 0 atom stereocenters. The van der Waals surface area contributed by atoms with Gasteiger partial charge in [-0.05, 0) is 28.1 Å². The number of amides is 1. The molecule has 2 N–H and O–H groups in total. The summed E-state index contributed by atoms with van der Waals surface area (Å²) >= 11 is 9.06. The Morgan fingerprint density at radius 1 is 1.50 bits per heavy atom. The van der Waals surface area contributed by atoms with E-state index in [4.69, 9.17) is 11.6 Å². The highest BCUT2D eigenvalue weighted by Crippen LogP contribution is 2.31. The molecule has 0 aliphatic heterocycles. The van der Waals surface area contributed by atoms with Gasteiger partial charge in [-0.15, -0.1) is 0 Å². The highest BCUT2D eigenvalue weighted by molar-refractivity contribution is 9.10. The SMILES string of the molecule is CC(=O)NCCNc1c(Cl)cc(F)cc1Br. The molecule has 0 radical (unpaired) electrons. The van der Waals surface area contributed by atoms with Crippen molar-refractivity contribution >= 4 is 39.1 Å². The second kappa shape index (κ2) is 6.06. The Morgan fingerprint density at radius 2 is 2.19 bits per heavy atom. The number of carbonyl (C=O) groups excluding carboxylic acids is 1. The molecular weight excluding hydrogens is 298 g/mol. The van der Waals surface area contributed by atoms with Gasteiger partial charge in [0.15, 0.2) is 0 Å². The van der Waals surface area contributed by atoms with Gasteiger partial charge in [0.2, 0.25) is 5.91 Å². The van der Waals surface area contributed by atoms with E-state index in [9.17, 15) is 9.18 Å². The molecule has 0 aliphatic rings. The minimum Gasteiger partial charge on any atom is -0.381 e. The average molecular weight is 310 g/mol. The summed E-state index contributed by atoms with van der Waals surface area (Å²) in [7, 11) is 0. The van der Waals surface area contributed by atoms with E-state index in [-0.39, 0.29) is 5.91 Å². The Bertz CT molecular complexity index is 377. The molecule has 0 aliphatic carbocycles. The molecule has 1 aromatic carbocycles. The van der Waals surface area contributed by atoms with E-state index in [1.54, 1.807) is 0 Å². The summed E-state index contributed by atoms with van der Waals surface area (Å²) in [6.45, 7) is 2.44. The van der Waals surface area contributed by atoms with Crippen molar-refractivity contribution in [3.8, 4) is 0 Å². The molecule has 0 fully saturated rings. The number of halogens is 3. The molecular formula is C10H11BrClFN2O. The monoisotopic (exact) mass is 308 g/mol. The Balaban J connectivity index is 2.57. The fraction of sp³-hybridized carbons (Fsp3) is 0.300. The summed E-state index contributed by atoms with van der Waals surface area (Å²) in [5.74, 6) is -0.490. The summed E-state index contributed by atoms with van der Waals surface area (Å²) < 4.78 is 13.5. The molecule has 0 bridgehead atoms. The van der Waals surface area contributed by atoms with Gasteiger partial charge in [-0.1, -0.05) is 11.6 Å².